The molecule has 1 aromatic rings. The van der Waals surface area contributed by atoms with Gasteiger partial charge in [-0.05, 0) is 18.2 Å². The number of rotatable bonds is 5. The highest BCUT2D eigenvalue weighted by atomic mass is 79.9. The summed E-state index contributed by atoms with van der Waals surface area (Å²) < 4.78 is 74.3. The van der Waals surface area contributed by atoms with E-state index in [0.717, 1.165) is 6.07 Å². The average molecular weight is 365 g/mol. The first kappa shape index (κ1) is 16.2. The van der Waals surface area contributed by atoms with Gasteiger partial charge in [-0.25, -0.2) is 21.9 Å². The number of alkyl halides is 4. The van der Waals surface area contributed by atoms with Gasteiger partial charge in [-0.15, -0.1) is 0 Å². The first-order valence-electron chi connectivity index (χ1n) is 4.77. The van der Waals surface area contributed by atoms with Crippen molar-refractivity contribution < 1.29 is 26.0 Å². The minimum absolute atomic E-state index is 0.192. The van der Waals surface area contributed by atoms with Crippen molar-refractivity contribution >= 4 is 31.6 Å². The molecule has 0 unspecified atom stereocenters. The SMILES string of the molecule is Nc1cc(Br)ccc1S(=O)(=O)NCC(F)(F)C(F)F. The number of nitrogens with one attached hydrogen (secondary N) is 1. The monoisotopic (exact) mass is 364 g/mol. The molecule has 0 radical (unpaired) electrons. The maximum Gasteiger partial charge on any atom is 0.320 e. The Morgan fingerprint density at radius 2 is 1.95 bits per heavy atom. The van der Waals surface area contributed by atoms with Crippen LogP contribution in [0.2, 0.25) is 0 Å². The van der Waals surface area contributed by atoms with Gasteiger partial charge in [0.2, 0.25) is 10.0 Å². The smallest absolute Gasteiger partial charge is 0.320 e. The van der Waals surface area contributed by atoms with Gasteiger partial charge >= 0.3 is 12.3 Å². The second-order valence-corrected chi connectivity index (χ2v) is 6.22. The highest BCUT2D eigenvalue weighted by Gasteiger charge is 2.41. The molecule has 0 aromatic heterocycles. The van der Waals surface area contributed by atoms with Crippen molar-refractivity contribution in [2.75, 3.05) is 12.3 Å². The van der Waals surface area contributed by atoms with Gasteiger partial charge < -0.3 is 5.73 Å². The summed E-state index contributed by atoms with van der Waals surface area (Å²) in [7, 11) is -4.38. The summed E-state index contributed by atoms with van der Waals surface area (Å²) in [6.07, 6.45) is -3.96. The topological polar surface area (TPSA) is 72.2 Å². The third kappa shape index (κ3) is 4.05. The third-order valence-corrected chi connectivity index (χ3v) is 4.05. The van der Waals surface area contributed by atoms with Crippen LogP contribution in [0.1, 0.15) is 0 Å². The molecule has 0 amide bonds. The lowest BCUT2D eigenvalue weighted by Crippen LogP contribution is -2.41. The Balaban J connectivity index is 2.94. The molecule has 3 N–H and O–H groups in total. The van der Waals surface area contributed by atoms with Crippen LogP contribution in [0, 0.1) is 0 Å². The molecule has 108 valence electrons. The van der Waals surface area contributed by atoms with Gasteiger partial charge in [0.05, 0.1) is 12.2 Å². The Labute approximate surface area is 115 Å². The van der Waals surface area contributed by atoms with E-state index < -0.39 is 33.8 Å². The number of nitrogens with two attached hydrogens (primary N) is 1. The first-order valence-corrected chi connectivity index (χ1v) is 7.04. The van der Waals surface area contributed by atoms with Crippen LogP contribution in [0.25, 0.3) is 0 Å². The molecule has 0 aliphatic heterocycles. The normalized spacial score (nSPS) is 12.9. The lowest BCUT2D eigenvalue weighted by atomic mass is 10.3. The van der Waals surface area contributed by atoms with Gasteiger partial charge in [-0.1, -0.05) is 15.9 Å². The number of nitrogen functional groups attached to an aromatic ring is 1. The van der Waals surface area contributed by atoms with E-state index in [2.05, 4.69) is 15.9 Å². The average Bonchev–Trinajstić information content (AvgIpc) is 2.26. The van der Waals surface area contributed by atoms with E-state index in [4.69, 9.17) is 5.73 Å². The third-order valence-electron chi connectivity index (χ3n) is 2.08. The molecule has 0 aliphatic carbocycles. The molecule has 0 saturated heterocycles. The second kappa shape index (κ2) is 5.63. The number of sulfonamides is 1. The molecule has 4 nitrogen and oxygen atoms in total. The minimum Gasteiger partial charge on any atom is -0.398 e. The fourth-order valence-electron chi connectivity index (χ4n) is 1.11. The van der Waals surface area contributed by atoms with Gasteiger partial charge in [0, 0.05) is 4.47 Å². The van der Waals surface area contributed by atoms with Crippen LogP contribution in [0.4, 0.5) is 23.2 Å². The van der Waals surface area contributed by atoms with Gasteiger partial charge in [0.15, 0.2) is 0 Å². The Kier molecular flexibility index (Phi) is 4.80. The molecular weight excluding hydrogens is 356 g/mol. The van der Waals surface area contributed by atoms with Crippen molar-refractivity contribution in [1.29, 1.82) is 0 Å². The van der Waals surface area contributed by atoms with E-state index in [1.54, 1.807) is 0 Å². The van der Waals surface area contributed by atoms with Gasteiger partial charge in [-0.2, -0.15) is 8.78 Å². The van der Waals surface area contributed by atoms with Crippen molar-refractivity contribution in [1.82, 2.24) is 4.72 Å². The van der Waals surface area contributed by atoms with E-state index in [1.807, 2.05) is 0 Å². The lowest BCUT2D eigenvalue weighted by Gasteiger charge is -2.16. The van der Waals surface area contributed by atoms with E-state index >= 15 is 0 Å². The molecule has 10 heteroatoms. The number of halogens is 5. The summed E-state index contributed by atoms with van der Waals surface area (Å²) in [6.45, 7) is -1.71. The molecule has 0 bridgehead atoms. The molecule has 0 atom stereocenters. The van der Waals surface area contributed by atoms with Crippen LogP contribution in [-0.4, -0.2) is 27.3 Å². The molecule has 0 heterocycles. The largest absolute Gasteiger partial charge is 0.398 e. The predicted molar refractivity (Wildman–Crippen MR) is 64.7 cm³/mol. The van der Waals surface area contributed by atoms with Gasteiger partial charge in [0.1, 0.15) is 4.90 Å². The van der Waals surface area contributed by atoms with Crippen molar-refractivity contribution in [3.63, 3.8) is 0 Å². The Morgan fingerprint density at radius 3 is 2.42 bits per heavy atom. The van der Waals surface area contributed by atoms with Crippen LogP contribution in [0.3, 0.4) is 0 Å². The van der Waals surface area contributed by atoms with Crippen LogP contribution < -0.4 is 10.5 Å². The first-order chi connectivity index (χ1) is 8.56. The molecule has 1 rings (SSSR count). The van der Waals surface area contributed by atoms with Crippen LogP contribution in [0.15, 0.2) is 27.6 Å². The summed E-state index contributed by atoms with van der Waals surface area (Å²) in [5, 5.41) is 0. The fourth-order valence-corrected chi connectivity index (χ4v) is 2.64. The molecule has 19 heavy (non-hydrogen) atoms. The van der Waals surface area contributed by atoms with Crippen molar-refractivity contribution in [3.8, 4) is 0 Å². The minimum atomic E-state index is -4.45. The van der Waals surface area contributed by atoms with Crippen LogP contribution in [0.5, 0.6) is 0 Å². The quantitative estimate of drug-likeness (QED) is 0.621. The standard InChI is InChI=1S/C9H9BrF4N2O2S/c10-5-1-2-7(6(15)3-5)19(17,18)16-4-9(13,14)8(11)12/h1-3,8,16H,4,15H2. The molecule has 0 fully saturated rings. The molecule has 0 spiro atoms. The fraction of sp³-hybridized carbons (Fsp3) is 0.333. The molecular formula is C9H9BrF4N2O2S. The highest BCUT2D eigenvalue weighted by Crippen LogP contribution is 2.25. The van der Waals surface area contributed by atoms with Crippen molar-refractivity contribution in [2.24, 2.45) is 0 Å². The number of benzene rings is 1. The summed E-state index contributed by atoms with van der Waals surface area (Å²) >= 11 is 3.04. The zero-order valence-electron chi connectivity index (χ0n) is 9.21. The van der Waals surface area contributed by atoms with E-state index in [1.165, 1.54) is 16.9 Å². The molecule has 1 aromatic carbocycles. The van der Waals surface area contributed by atoms with Crippen LogP contribution >= 0.6 is 15.9 Å². The Hall–Kier alpha value is -0.870. The van der Waals surface area contributed by atoms with Gasteiger partial charge in [-0.3, -0.25) is 0 Å². The Bertz CT molecular complexity index is 565. The van der Waals surface area contributed by atoms with Crippen molar-refractivity contribution in [2.45, 2.75) is 17.2 Å². The molecule has 0 aliphatic rings. The Morgan fingerprint density at radius 1 is 1.37 bits per heavy atom. The van der Waals surface area contributed by atoms with E-state index in [9.17, 15) is 26.0 Å². The molecule has 0 saturated carbocycles. The lowest BCUT2D eigenvalue weighted by molar-refractivity contribution is -0.122. The number of hydrogen-bond donors (Lipinski definition) is 2. The zero-order valence-corrected chi connectivity index (χ0v) is 11.6. The summed E-state index contributed by atoms with van der Waals surface area (Å²) in [5.41, 5.74) is 5.23. The van der Waals surface area contributed by atoms with E-state index in [-0.39, 0.29) is 5.69 Å². The maximum absolute atomic E-state index is 12.6. The van der Waals surface area contributed by atoms with Crippen LogP contribution in [-0.2, 0) is 10.0 Å². The van der Waals surface area contributed by atoms with Crippen molar-refractivity contribution in [3.05, 3.63) is 22.7 Å². The zero-order chi connectivity index (χ0) is 14.8. The maximum atomic E-state index is 12.6. The second-order valence-electron chi connectivity index (χ2n) is 3.57. The predicted octanol–water partition coefficient (Wildman–Crippen LogP) is 2.21. The summed E-state index contributed by atoms with van der Waals surface area (Å²) in [5.74, 6) is -4.45. The highest BCUT2D eigenvalue weighted by molar-refractivity contribution is 9.10. The summed E-state index contributed by atoms with van der Waals surface area (Å²) in [6, 6.07) is 3.65. The van der Waals surface area contributed by atoms with E-state index in [0.29, 0.717) is 4.47 Å². The number of anilines is 1. The number of hydrogen-bond acceptors (Lipinski definition) is 3. The van der Waals surface area contributed by atoms with Gasteiger partial charge in [0.25, 0.3) is 0 Å². The summed E-state index contributed by atoms with van der Waals surface area (Å²) in [4.78, 5) is -0.458.